The second kappa shape index (κ2) is 3.10. The molecule has 1 saturated heterocycles. The van der Waals surface area contributed by atoms with Crippen LogP contribution >= 0.6 is 0 Å². The number of carbonyl (C=O) groups excluding carboxylic acids is 1. The molecule has 0 aromatic rings. The first-order valence-electron chi connectivity index (χ1n) is 3.79. The molecule has 5 heteroatoms. The van der Waals surface area contributed by atoms with Crippen LogP contribution in [0.5, 0.6) is 0 Å². The van der Waals surface area contributed by atoms with Gasteiger partial charge in [0.15, 0.2) is 0 Å². The Morgan fingerprint density at radius 2 is 2.42 bits per heavy atom. The highest BCUT2D eigenvalue weighted by atomic mass is 16.5. The monoisotopic (exact) mass is 171 g/mol. The van der Waals surface area contributed by atoms with E-state index >= 15 is 0 Å². The van der Waals surface area contributed by atoms with Gasteiger partial charge in [0.2, 0.25) is 0 Å². The van der Waals surface area contributed by atoms with Crippen molar-refractivity contribution in [3.63, 3.8) is 0 Å². The summed E-state index contributed by atoms with van der Waals surface area (Å²) in [4.78, 5) is 10.3. The Morgan fingerprint density at radius 1 is 1.75 bits per heavy atom. The summed E-state index contributed by atoms with van der Waals surface area (Å²) < 4.78 is 5.36. The van der Waals surface area contributed by atoms with Gasteiger partial charge in [0, 0.05) is 6.42 Å². The molecule has 1 rings (SSSR count). The van der Waals surface area contributed by atoms with Crippen molar-refractivity contribution >= 4 is 11.7 Å². The van der Waals surface area contributed by atoms with Crippen molar-refractivity contribution in [2.45, 2.75) is 25.9 Å². The molecule has 1 aliphatic rings. The number of ether oxygens (including phenoxy) is 1. The van der Waals surface area contributed by atoms with E-state index in [1.165, 1.54) is 0 Å². The maximum Gasteiger partial charge on any atom is 0.332 e. The smallest absolute Gasteiger partial charge is 0.332 e. The van der Waals surface area contributed by atoms with Crippen molar-refractivity contribution < 1.29 is 9.53 Å². The Balaban J connectivity index is 2.62. The lowest BCUT2D eigenvalue weighted by Crippen LogP contribution is -2.32. The van der Waals surface area contributed by atoms with Crippen LogP contribution in [0.25, 0.3) is 0 Å². The molecule has 0 atom stereocenters. The van der Waals surface area contributed by atoms with E-state index in [0.717, 1.165) is 12.1 Å². The third kappa shape index (κ3) is 1.94. The first kappa shape index (κ1) is 8.99. The fourth-order valence-corrected chi connectivity index (χ4v) is 1.10. The Bertz CT molecular complexity index is 223. The molecule has 0 saturated carbocycles. The van der Waals surface area contributed by atoms with Crippen molar-refractivity contribution in [2.24, 2.45) is 10.8 Å². The van der Waals surface area contributed by atoms with E-state index in [2.05, 4.69) is 10.5 Å². The Hall–Kier alpha value is -1.10. The van der Waals surface area contributed by atoms with Crippen LogP contribution in [-0.4, -0.2) is 24.0 Å². The van der Waals surface area contributed by atoms with E-state index in [0.29, 0.717) is 6.61 Å². The third-order valence-corrected chi connectivity index (χ3v) is 1.80. The number of hydrogen-bond acceptors (Lipinski definition) is 3. The molecule has 0 radical (unpaired) electrons. The number of carbonyl (C=O) groups is 1. The van der Waals surface area contributed by atoms with E-state index in [9.17, 15) is 4.79 Å². The van der Waals surface area contributed by atoms with Gasteiger partial charge in [0.25, 0.3) is 0 Å². The van der Waals surface area contributed by atoms with Crippen LogP contribution in [-0.2, 0) is 4.74 Å². The molecule has 0 aromatic carbocycles. The first-order chi connectivity index (χ1) is 5.52. The SMILES string of the molecule is CC1(C)OCC/C1=N\NC(N)=O. The lowest BCUT2D eigenvalue weighted by molar-refractivity contribution is 0.0679. The lowest BCUT2D eigenvalue weighted by Gasteiger charge is -2.16. The maximum atomic E-state index is 10.3. The van der Waals surface area contributed by atoms with Crippen molar-refractivity contribution in [2.75, 3.05) is 6.61 Å². The van der Waals surface area contributed by atoms with Gasteiger partial charge in [0.05, 0.1) is 12.3 Å². The Morgan fingerprint density at radius 3 is 2.83 bits per heavy atom. The topological polar surface area (TPSA) is 76.7 Å². The van der Waals surface area contributed by atoms with Gasteiger partial charge in [-0.05, 0) is 13.8 Å². The molecule has 5 nitrogen and oxygen atoms in total. The molecule has 0 aliphatic carbocycles. The number of hydrogen-bond donors (Lipinski definition) is 2. The summed E-state index contributed by atoms with van der Waals surface area (Å²) in [6.45, 7) is 4.45. The number of urea groups is 1. The molecule has 68 valence electrons. The van der Waals surface area contributed by atoms with Crippen LogP contribution in [0.15, 0.2) is 5.10 Å². The summed E-state index contributed by atoms with van der Waals surface area (Å²) in [5, 5.41) is 3.84. The van der Waals surface area contributed by atoms with Gasteiger partial charge in [0.1, 0.15) is 5.60 Å². The van der Waals surface area contributed by atoms with Crippen molar-refractivity contribution in [3.8, 4) is 0 Å². The number of nitrogens with zero attached hydrogens (tertiary/aromatic N) is 1. The molecule has 12 heavy (non-hydrogen) atoms. The molecule has 0 bridgehead atoms. The van der Waals surface area contributed by atoms with Gasteiger partial charge in [-0.3, -0.25) is 0 Å². The highest BCUT2D eigenvalue weighted by Crippen LogP contribution is 2.21. The summed E-state index contributed by atoms with van der Waals surface area (Å²) in [5.74, 6) is 0. The number of primary amides is 1. The van der Waals surface area contributed by atoms with Gasteiger partial charge < -0.3 is 10.5 Å². The van der Waals surface area contributed by atoms with E-state index in [1.807, 2.05) is 13.8 Å². The quantitative estimate of drug-likeness (QED) is 0.553. The zero-order valence-electron chi connectivity index (χ0n) is 7.26. The normalized spacial score (nSPS) is 24.3. The minimum atomic E-state index is -0.648. The predicted molar refractivity (Wildman–Crippen MR) is 44.8 cm³/mol. The number of nitrogens with two attached hydrogens (primary N) is 1. The molecular formula is C7H13N3O2. The van der Waals surface area contributed by atoms with Crippen molar-refractivity contribution in [1.82, 2.24) is 5.43 Å². The maximum absolute atomic E-state index is 10.3. The average molecular weight is 171 g/mol. The van der Waals surface area contributed by atoms with Crippen molar-refractivity contribution in [1.29, 1.82) is 0 Å². The summed E-state index contributed by atoms with van der Waals surface area (Å²) in [7, 11) is 0. The largest absolute Gasteiger partial charge is 0.369 e. The van der Waals surface area contributed by atoms with Gasteiger partial charge in [-0.15, -0.1) is 0 Å². The lowest BCUT2D eigenvalue weighted by atomic mass is 10.0. The molecule has 1 heterocycles. The summed E-state index contributed by atoms with van der Waals surface area (Å²) in [5.41, 5.74) is 7.50. The molecule has 2 amide bonds. The van der Waals surface area contributed by atoms with E-state index < -0.39 is 6.03 Å². The van der Waals surface area contributed by atoms with Gasteiger partial charge in [-0.25, -0.2) is 10.2 Å². The molecule has 3 N–H and O–H groups in total. The summed E-state index contributed by atoms with van der Waals surface area (Å²) in [6, 6.07) is -0.648. The van der Waals surface area contributed by atoms with Gasteiger partial charge in [-0.1, -0.05) is 0 Å². The van der Waals surface area contributed by atoms with E-state index in [4.69, 9.17) is 10.5 Å². The highest BCUT2D eigenvalue weighted by molar-refractivity contribution is 5.94. The van der Waals surface area contributed by atoms with Crippen LogP contribution < -0.4 is 11.2 Å². The molecular weight excluding hydrogens is 158 g/mol. The van der Waals surface area contributed by atoms with E-state index in [-0.39, 0.29) is 5.60 Å². The fraction of sp³-hybridized carbons (Fsp3) is 0.714. The van der Waals surface area contributed by atoms with Gasteiger partial charge >= 0.3 is 6.03 Å². The minimum Gasteiger partial charge on any atom is -0.369 e. The number of amides is 2. The second-order valence-corrected chi connectivity index (χ2v) is 3.14. The third-order valence-electron chi connectivity index (χ3n) is 1.80. The van der Waals surface area contributed by atoms with Crippen LogP contribution in [0.2, 0.25) is 0 Å². The molecule has 1 aliphatic heterocycles. The minimum absolute atomic E-state index is 0.373. The van der Waals surface area contributed by atoms with Crippen LogP contribution in [0.3, 0.4) is 0 Å². The van der Waals surface area contributed by atoms with Gasteiger partial charge in [-0.2, -0.15) is 5.10 Å². The molecule has 1 fully saturated rings. The zero-order chi connectivity index (χ0) is 9.19. The highest BCUT2D eigenvalue weighted by Gasteiger charge is 2.31. The number of nitrogens with one attached hydrogen (secondary N) is 1. The second-order valence-electron chi connectivity index (χ2n) is 3.14. The standard InChI is InChI=1S/C7H13N3O2/c1-7(2)5(3-4-12-7)9-10-6(8)11/h3-4H2,1-2H3,(H3,8,10,11)/b9-5+. The number of hydrazone groups is 1. The summed E-state index contributed by atoms with van der Waals surface area (Å²) >= 11 is 0. The first-order valence-corrected chi connectivity index (χ1v) is 3.79. The number of rotatable bonds is 1. The predicted octanol–water partition coefficient (Wildman–Crippen LogP) is 0.210. The van der Waals surface area contributed by atoms with Crippen LogP contribution in [0.4, 0.5) is 4.79 Å². The molecule has 0 spiro atoms. The molecule has 0 unspecified atom stereocenters. The Kier molecular flexibility index (Phi) is 2.32. The fourth-order valence-electron chi connectivity index (χ4n) is 1.10. The zero-order valence-corrected chi connectivity index (χ0v) is 7.26. The van der Waals surface area contributed by atoms with Crippen LogP contribution in [0, 0.1) is 0 Å². The summed E-state index contributed by atoms with van der Waals surface area (Å²) in [6.07, 6.45) is 0.743. The average Bonchev–Trinajstić information content (AvgIpc) is 2.25. The van der Waals surface area contributed by atoms with Crippen LogP contribution in [0.1, 0.15) is 20.3 Å². The van der Waals surface area contributed by atoms with Crippen molar-refractivity contribution in [3.05, 3.63) is 0 Å². The van der Waals surface area contributed by atoms with E-state index in [1.54, 1.807) is 0 Å². The Labute approximate surface area is 71.0 Å². The molecule has 0 aromatic heterocycles.